The van der Waals surface area contributed by atoms with Crippen LogP contribution < -0.4 is 9.82 Å². The molecule has 0 fully saturated rings. The molecule has 1 atom stereocenters. The molecule has 26 heteroatoms. The Bertz CT molecular complexity index is 2590. The van der Waals surface area contributed by atoms with E-state index in [1.165, 1.54) is 61.3 Å². The fraction of sp³-hybridized carbons (Fsp3) is 0.161. The van der Waals surface area contributed by atoms with Crippen molar-refractivity contribution in [1.82, 2.24) is 14.9 Å². The van der Waals surface area contributed by atoms with E-state index in [9.17, 15) is 46.6 Å². The van der Waals surface area contributed by atoms with Crippen LogP contribution in [0.5, 0.6) is 23.1 Å². The van der Waals surface area contributed by atoms with Crippen LogP contribution in [0.4, 0.5) is 22.7 Å². The molecule has 0 bridgehead atoms. The van der Waals surface area contributed by atoms with E-state index in [1.807, 2.05) is 0 Å². The second-order valence-electron chi connectivity index (χ2n) is 11.2. The SMILES string of the molecule is COc1cc(N=Nc2c(S(=O)(=O)O)cc3ccc(N=Nc4c(C(=O)O)nn(-c5ccc(SOOO)cc5)c4O)cc3c2O)c(O)cc1S(=O)(=O)CCSCCNP. The zero-order valence-corrected chi connectivity index (χ0v) is 33.4. The number of methoxy groups -OCH3 is 1. The first-order valence-electron chi connectivity index (χ1n) is 15.7. The number of thioether (sulfide) groups is 1. The quantitative estimate of drug-likeness (QED) is 0.00973. The Kier molecular flexibility index (Phi) is 14.0. The van der Waals surface area contributed by atoms with Gasteiger partial charge in [-0.25, -0.2) is 18.5 Å². The summed E-state index contributed by atoms with van der Waals surface area (Å²) < 4.78 is 71.4. The molecule has 1 aromatic heterocycles. The topological polar surface area (TPSA) is 314 Å². The number of hydrogen-bond acceptors (Lipinski definition) is 20. The molecule has 0 saturated carbocycles. The van der Waals surface area contributed by atoms with Gasteiger partial charge in [-0.15, -0.1) is 19.7 Å². The lowest BCUT2D eigenvalue weighted by Crippen LogP contribution is -2.12. The summed E-state index contributed by atoms with van der Waals surface area (Å²) in [7, 11) is -5.47. The molecule has 1 unspecified atom stereocenters. The highest BCUT2D eigenvalue weighted by molar-refractivity contribution is 8.00. The number of phenolic OH excluding ortho intramolecular Hbond substituents is 2. The molecular weight excluding hydrogens is 854 g/mol. The number of carboxylic acid groups (broad SMARTS) is 1. The van der Waals surface area contributed by atoms with Crippen molar-refractivity contribution in [3.05, 3.63) is 66.4 Å². The van der Waals surface area contributed by atoms with E-state index >= 15 is 0 Å². The number of sulfone groups is 1. The Labute approximate surface area is 333 Å². The van der Waals surface area contributed by atoms with E-state index in [-0.39, 0.29) is 50.0 Å². The fourth-order valence-corrected chi connectivity index (χ4v) is 9.09. The van der Waals surface area contributed by atoms with E-state index in [0.29, 0.717) is 29.2 Å². The molecule has 0 aliphatic rings. The molecule has 302 valence electrons. The maximum absolute atomic E-state index is 13.1. The van der Waals surface area contributed by atoms with Crippen LogP contribution in [-0.2, 0) is 29.3 Å². The second kappa shape index (κ2) is 18.5. The summed E-state index contributed by atoms with van der Waals surface area (Å²) in [6, 6.07) is 12.6. The number of ether oxygens (including phenoxy) is 1. The molecule has 7 N–H and O–H groups in total. The number of fused-ring (bicyclic) bond motifs is 1. The average Bonchev–Trinajstić information content (AvgIpc) is 3.51. The fourth-order valence-electron chi connectivity index (χ4n) is 4.94. The maximum atomic E-state index is 13.1. The molecule has 0 amide bonds. The lowest BCUT2D eigenvalue weighted by atomic mass is 10.1. The van der Waals surface area contributed by atoms with Crippen molar-refractivity contribution in [2.24, 2.45) is 20.5 Å². The van der Waals surface area contributed by atoms with Crippen LogP contribution >= 0.6 is 33.2 Å². The molecule has 5 aromatic rings. The van der Waals surface area contributed by atoms with Gasteiger partial charge in [0.15, 0.2) is 21.3 Å². The van der Waals surface area contributed by atoms with Crippen LogP contribution in [0.25, 0.3) is 16.5 Å². The smallest absolute Gasteiger partial charge is 0.358 e. The minimum atomic E-state index is -5.06. The van der Waals surface area contributed by atoms with Crippen LogP contribution in [0.2, 0.25) is 0 Å². The molecule has 21 nitrogen and oxygen atoms in total. The van der Waals surface area contributed by atoms with Crippen LogP contribution in [0.15, 0.2) is 95.8 Å². The number of nitrogens with one attached hydrogen (secondary N) is 1. The molecule has 0 spiro atoms. The van der Waals surface area contributed by atoms with Crippen LogP contribution in [0, 0.1) is 0 Å². The van der Waals surface area contributed by atoms with Crippen molar-refractivity contribution < 1.29 is 66.0 Å². The number of phenols is 2. The molecular formula is C31H30N7O14PS4. The molecule has 0 radical (unpaired) electrons. The average molecular weight is 884 g/mol. The van der Waals surface area contributed by atoms with E-state index in [2.05, 4.69) is 49.4 Å². The maximum Gasteiger partial charge on any atom is 0.358 e. The van der Waals surface area contributed by atoms with Gasteiger partial charge in [-0.1, -0.05) is 20.5 Å². The third-order valence-corrected chi connectivity index (χ3v) is 12.3. The largest absolute Gasteiger partial charge is 0.506 e. The van der Waals surface area contributed by atoms with Crippen molar-refractivity contribution in [2.45, 2.75) is 14.7 Å². The first kappa shape index (κ1) is 43.2. The predicted octanol–water partition coefficient (Wildman–Crippen LogP) is 6.24. The highest BCUT2D eigenvalue weighted by Crippen LogP contribution is 2.44. The molecule has 0 aliphatic heterocycles. The molecule has 0 aliphatic carbocycles. The second-order valence-corrected chi connectivity index (χ2v) is 17.1. The van der Waals surface area contributed by atoms with Crippen LogP contribution in [0.3, 0.4) is 0 Å². The summed E-state index contributed by atoms with van der Waals surface area (Å²) in [6.45, 7) is 0.644. The minimum Gasteiger partial charge on any atom is -0.506 e. The van der Waals surface area contributed by atoms with Gasteiger partial charge in [-0.2, -0.15) is 35.1 Å². The van der Waals surface area contributed by atoms with E-state index in [1.54, 1.807) is 0 Å². The standard InChI is InChI=1S/C31H30N7O14PS4/c1-50-23-14-21(22(39)15-24(23)56(45,46)11-10-54-9-8-32-53)34-35-26-25(57(47,48)49)12-16-2-3-17(13-20(16)29(26)40)33-36-27-28(31(42)43)37-38(30(27)41)18-4-6-19(7-5-18)55-52-51-44/h2-7,12-15,32,39-41,44H,8-11,53H2,1H3,(H,42,43)(H,47,48,49). The third kappa shape index (κ3) is 10.1. The summed E-state index contributed by atoms with van der Waals surface area (Å²) in [4.78, 5) is 11.3. The van der Waals surface area contributed by atoms with Gasteiger partial charge in [0.2, 0.25) is 11.6 Å². The zero-order chi connectivity index (χ0) is 41.5. The van der Waals surface area contributed by atoms with Gasteiger partial charge in [0, 0.05) is 40.5 Å². The number of benzene rings is 4. The van der Waals surface area contributed by atoms with Gasteiger partial charge < -0.3 is 25.2 Å². The van der Waals surface area contributed by atoms with Gasteiger partial charge in [0.1, 0.15) is 32.7 Å². The third-order valence-electron chi connectivity index (χ3n) is 7.60. The number of carbonyl (C=O) groups is 1. The summed E-state index contributed by atoms with van der Waals surface area (Å²) in [5.74, 6) is -3.34. The molecule has 0 saturated heterocycles. The molecule has 57 heavy (non-hydrogen) atoms. The predicted molar refractivity (Wildman–Crippen MR) is 208 cm³/mol. The summed E-state index contributed by atoms with van der Waals surface area (Å²) in [5, 5.41) is 76.6. The van der Waals surface area contributed by atoms with Crippen molar-refractivity contribution in [3.8, 4) is 28.8 Å². The number of aromatic nitrogens is 2. The zero-order valence-electron chi connectivity index (χ0n) is 28.9. The van der Waals surface area contributed by atoms with Gasteiger partial charge in [0.05, 0.1) is 36.3 Å². The summed E-state index contributed by atoms with van der Waals surface area (Å²) >= 11 is 2.06. The Morgan fingerprint density at radius 3 is 2.30 bits per heavy atom. The first-order chi connectivity index (χ1) is 27.1. The highest BCUT2D eigenvalue weighted by Gasteiger charge is 2.26. The van der Waals surface area contributed by atoms with Crippen LogP contribution in [0.1, 0.15) is 10.5 Å². The normalized spacial score (nSPS) is 12.3. The van der Waals surface area contributed by atoms with Crippen molar-refractivity contribution in [2.75, 3.05) is 30.9 Å². The Morgan fingerprint density at radius 2 is 1.65 bits per heavy atom. The Hall–Kier alpha value is -4.95. The van der Waals surface area contributed by atoms with E-state index in [4.69, 9.17) is 9.99 Å². The van der Waals surface area contributed by atoms with Gasteiger partial charge in [0.25, 0.3) is 10.1 Å². The van der Waals surface area contributed by atoms with E-state index < -0.39 is 65.3 Å². The number of rotatable bonds is 18. The number of nitrogens with zero attached hydrogens (tertiary/aromatic N) is 6. The number of aromatic carboxylic acids is 1. The number of aromatic hydroxyl groups is 3. The lowest BCUT2D eigenvalue weighted by Gasteiger charge is -2.12. The monoisotopic (exact) mass is 883 g/mol. The molecule has 5 rings (SSSR count). The first-order valence-corrected chi connectivity index (χ1v) is 21.2. The Morgan fingerprint density at radius 1 is 0.930 bits per heavy atom. The van der Waals surface area contributed by atoms with Crippen molar-refractivity contribution in [3.63, 3.8) is 0 Å². The Balaban J connectivity index is 1.50. The van der Waals surface area contributed by atoms with Crippen molar-refractivity contribution >= 4 is 92.6 Å². The van der Waals surface area contributed by atoms with Crippen LogP contribution in [-0.4, -0.2) is 93.7 Å². The highest BCUT2D eigenvalue weighted by atomic mass is 32.2. The lowest BCUT2D eigenvalue weighted by molar-refractivity contribution is -0.432. The summed E-state index contributed by atoms with van der Waals surface area (Å²) in [5.41, 5.74) is -2.23. The molecule has 4 aromatic carbocycles. The van der Waals surface area contributed by atoms with Gasteiger partial charge in [-0.05, 0) is 47.9 Å². The number of carboxylic acids is 1. The van der Waals surface area contributed by atoms with Gasteiger partial charge >= 0.3 is 5.97 Å². The minimum absolute atomic E-state index is 0.0464. The molecule has 1 heterocycles. The van der Waals surface area contributed by atoms with E-state index in [0.717, 1.165) is 22.9 Å². The van der Waals surface area contributed by atoms with Gasteiger partial charge in [-0.3, -0.25) is 9.64 Å². The number of hydrogen-bond donors (Lipinski definition) is 7. The summed E-state index contributed by atoms with van der Waals surface area (Å²) in [6.07, 6.45) is 0. The number of azo groups is 2. The van der Waals surface area contributed by atoms with Crippen molar-refractivity contribution in [1.29, 1.82) is 0 Å².